The molecule has 0 bridgehead atoms. The van der Waals surface area contributed by atoms with Gasteiger partial charge in [-0.2, -0.15) is 5.10 Å². The predicted octanol–water partition coefficient (Wildman–Crippen LogP) is 1.54. The highest BCUT2D eigenvalue weighted by molar-refractivity contribution is 6.01. The first-order valence-electron chi connectivity index (χ1n) is 9.87. The minimum Gasteiger partial charge on any atom is -0.310 e. The van der Waals surface area contributed by atoms with Gasteiger partial charge < -0.3 is 4.90 Å². The molecule has 3 heterocycles. The molecule has 29 heavy (non-hydrogen) atoms. The summed E-state index contributed by atoms with van der Waals surface area (Å²) in [6.07, 6.45) is -0.634. The second-order valence-electron chi connectivity index (χ2n) is 8.24. The van der Waals surface area contributed by atoms with Crippen molar-refractivity contribution in [2.24, 2.45) is 5.10 Å². The summed E-state index contributed by atoms with van der Waals surface area (Å²) in [5, 5.41) is 10.00. The molecule has 8 heteroatoms. The van der Waals surface area contributed by atoms with Crippen molar-refractivity contribution in [2.45, 2.75) is 45.8 Å². The summed E-state index contributed by atoms with van der Waals surface area (Å²) < 4.78 is 0. The van der Waals surface area contributed by atoms with Crippen LogP contribution in [-0.4, -0.2) is 76.0 Å². The van der Waals surface area contributed by atoms with Gasteiger partial charge in [0, 0.05) is 19.3 Å². The van der Waals surface area contributed by atoms with E-state index in [9.17, 15) is 9.59 Å². The van der Waals surface area contributed by atoms with Crippen LogP contribution >= 0.6 is 0 Å². The fourth-order valence-corrected chi connectivity index (χ4v) is 4.35. The lowest BCUT2D eigenvalue weighted by atomic mass is 10.1. The lowest BCUT2D eigenvalue weighted by molar-refractivity contribution is -0.139. The van der Waals surface area contributed by atoms with Gasteiger partial charge in [0.15, 0.2) is 6.29 Å². The first-order valence-corrected chi connectivity index (χ1v) is 9.87. The Hall–Kier alpha value is -2.71. The summed E-state index contributed by atoms with van der Waals surface area (Å²) >= 11 is 0. The van der Waals surface area contributed by atoms with Gasteiger partial charge in [-0.1, -0.05) is 36.4 Å². The minimum absolute atomic E-state index is 0.165. The molecule has 1 aromatic carbocycles. The lowest BCUT2D eigenvalue weighted by Crippen LogP contribution is -2.66. The minimum atomic E-state index is -0.454. The molecule has 0 aliphatic carbocycles. The van der Waals surface area contributed by atoms with Crippen LogP contribution in [0.25, 0.3) is 0 Å². The third-order valence-electron chi connectivity index (χ3n) is 5.77. The molecule has 0 radical (unpaired) electrons. The number of hydrogen-bond donors (Lipinski definition) is 1. The fraction of sp³-hybridized carbons (Fsp3) is 0.476. The molecule has 0 saturated carbocycles. The van der Waals surface area contributed by atoms with E-state index in [4.69, 9.17) is 0 Å². The van der Waals surface area contributed by atoms with Crippen molar-refractivity contribution in [2.75, 3.05) is 20.1 Å². The number of hydrazone groups is 1. The first kappa shape index (κ1) is 19.6. The number of nitrogens with zero attached hydrogens (tertiary/aromatic N) is 5. The van der Waals surface area contributed by atoms with E-state index < -0.39 is 6.04 Å². The number of aryl methyl sites for hydroxylation is 1. The van der Waals surface area contributed by atoms with Gasteiger partial charge >= 0.3 is 6.03 Å². The summed E-state index contributed by atoms with van der Waals surface area (Å²) in [7, 11) is 1.75. The van der Waals surface area contributed by atoms with Crippen LogP contribution in [0.15, 0.2) is 41.5 Å². The molecule has 8 nitrogen and oxygen atoms in total. The van der Waals surface area contributed by atoms with E-state index >= 15 is 0 Å². The van der Waals surface area contributed by atoms with Crippen LogP contribution in [0, 0.1) is 6.92 Å². The Morgan fingerprint density at radius 3 is 2.69 bits per heavy atom. The molecule has 3 unspecified atom stereocenters. The quantitative estimate of drug-likeness (QED) is 0.782. The zero-order chi connectivity index (χ0) is 20.9. The number of likely N-dealkylation sites (N-methyl/N-ethyl adjacent to an activating group) is 1. The Bertz CT molecular complexity index is 897. The maximum atomic E-state index is 13.5. The van der Waals surface area contributed by atoms with Gasteiger partial charge in [-0.3, -0.25) is 20.0 Å². The molecule has 1 N–H and O–H groups in total. The van der Waals surface area contributed by atoms with E-state index in [0.29, 0.717) is 13.1 Å². The molecule has 3 aliphatic heterocycles. The molecule has 1 aromatic rings. The predicted molar refractivity (Wildman–Crippen MR) is 111 cm³/mol. The number of rotatable bonds is 4. The summed E-state index contributed by atoms with van der Waals surface area (Å²) in [4.78, 5) is 31.6. The molecule has 3 amide bonds. The van der Waals surface area contributed by atoms with Gasteiger partial charge in [0.2, 0.25) is 0 Å². The van der Waals surface area contributed by atoms with Gasteiger partial charge in [0.1, 0.15) is 12.2 Å². The summed E-state index contributed by atoms with van der Waals surface area (Å²) in [5.74, 6) is -0.165. The van der Waals surface area contributed by atoms with E-state index in [1.54, 1.807) is 11.9 Å². The van der Waals surface area contributed by atoms with E-state index in [1.165, 1.54) is 4.90 Å². The van der Waals surface area contributed by atoms with Crippen molar-refractivity contribution < 1.29 is 9.59 Å². The number of amides is 3. The molecule has 0 spiro atoms. The normalized spacial score (nSPS) is 27.1. The Morgan fingerprint density at radius 2 is 2.00 bits per heavy atom. The average molecular weight is 396 g/mol. The number of hydrogen-bond acceptors (Lipinski definition) is 6. The van der Waals surface area contributed by atoms with Crippen LogP contribution in [0.5, 0.6) is 0 Å². The maximum Gasteiger partial charge on any atom is 0.328 e. The van der Waals surface area contributed by atoms with E-state index in [0.717, 1.165) is 22.4 Å². The number of carbonyl (C=O) groups excluding carboxylic acids is 2. The van der Waals surface area contributed by atoms with Crippen LogP contribution in [0.4, 0.5) is 4.79 Å². The highest BCUT2D eigenvalue weighted by atomic mass is 16.2. The average Bonchev–Trinajstić information content (AvgIpc) is 3.04. The fourth-order valence-electron chi connectivity index (χ4n) is 4.35. The van der Waals surface area contributed by atoms with Gasteiger partial charge in [-0.25, -0.2) is 9.69 Å². The van der Waals surface area contributed by atoms with Crippen molar-refractivity contribution in [3.05, 3.63) is 47.5 Å². The zero-order valence-corrected chi connectivity index (χ0v) is 17.4. The van der Waals surface area contributed by atoms with Crippen molar-refractivity contribution in [3.63, 3.8) is 0 Å². The van der Waals surface area contributed by atoms with Crippen molar-refractivity contribution in [1.82, 2.24) is 25.0 Å². The summed E-state index contributed by atoms with van der Waals surface area (Å²) in [5.41, 5.74) is 3.96. The SMILES string of the molecule is C=C(C)CN1N=C(C)CN2C3C(=O)N(Cc4ccccc4C)C(=O)N(C)C3NC12. The van der Waals surface area contributed by atoms with Crippen LogP contribution in [0.2, 0.25) is 0 Å². The summed E-state index contributed by atoms with van der Waals surface area (Å²) in [6, 6.07) is 7.11. The van der Waals surface area contributed by atoms with E-state index in [-0.39, 0.29) is 30.9 Å². The van der Waals surface area contributed by atoms with Crippen LogP contribution in [0.1, 0.15) is 25.0 Å². The van der Waals surface area contributed by atoms with Crippen molar-refractivity contribution >= 4 is 17.6 Å². The molecule has 2 fully saturated rings. The van der Waals surface area contributed by atoms with Crippen LogP contribution in [0.3, 0.4) is 0 Å². The van der Waals surface area contributed by atoms with Crippen molar-refractivity contribution in [1.29, 1.82) is 0 Å². The Kier molecular flexibility index (Phi) is 4.92. The highest BCUT2D eigenvalue weighted by Gasteiger charge is 2.56. The second-order valence-corrected chi connectivity index (χ2v) is 8.24. The number of nitrogens with one attached hydrogen (secondary N) is 1. The third-order valence-corrected chi connectivity index (χ3v) is 5.77. The largest absolute Gasteiger partial charge is 0.328 e. The highest BCUT2D eigenvalue weighted by Crippen LogP contribution is 2.31. The Labute approximate surface area is 171 Å². The molecule has 4 rings (SSSR count). The maximum absolute atomic E-state index is 13.5. The third kappa shape index (κ3) is 3.32. The zero-order valence-electron chi connectivity index (χ0n) is 17.4. The lowest BCUT2D eigenvalue weighted by Gasteiger charge is -2.42. The molecular weight excluding hydrogens is 368 g/mol. The molecule has 3 atom stereocenters. The standard InChI is InChI=1S/C21H28N6O2/c1-13(2)10-27-20-22-18-17(25(20)11-15(4)23-27)19(28)26(21(29)24(18)5)12-16-9-7-6-8-14(16)3/h6-9,17-18,20,22H,1,10-12H2,2-5H3. The van der Waals surface area contributed by atoms with Gasteiger partial charge in [0.25, 0.3) is 5.91 Å². The molecular formula is C21H28N6O2. The Balaban J connectivity index is 1.64. The monoisotopic (exact) mass is 396 g/mol. The van der Waals surface area contributed by atoms with Gasteiger partial charge in [-0.05, 0) is 31.9 Å². The van der Waals surface area contributed by atoms with Crippen LogP contribution < -0.4 is 5.32 Å². The van der Waals surface area contributed by atoms with Gasteiger partial charge in [0.05, 0.1) is 13.1 Å². The van der Waals surface area contributed by atoms with Crippen molar-refractivity contribution in [3.8, 4) is 0 Å². The smallest absolute Gasteiger partial charge is 0.310 e. The second kappa shape index (κ2) is 7.27. The molecule has 3 aliphatic rings. The topological polar surface area (TPSA) is 71.5 Å². The number of urea groups is 1. The van der Waals surface area contributed by atoms with E-state index in [2.05, 4.69) is 21.9 Å². The summed E-state index contributed by atoms with van der Waals surface area (Å²) in [6.45, 7) is 11.3. The number of fused-ring (bicyclic) bond motifs is 3. The Morgan fingerprint density at radius 1 is 1.28 bits per heavy atom. The van der Waals surface area contributed by atoms with E-state index in [1.807, 2.05) is 50.0 Å². The van der Waals surface area contributed by atoms with Crippen LogP contribution in [-0.2, 0) is 11.3 Å². The van der Waals surface area contributed by atoms with Gasteiger partial charge in [-0.15, -0.1) is 0 Å². The molecule has 154 valence electrons. The molecule has 0 aromatic heterocycles. The number of carbonyl (C=O) groups is 2. The molecule has 2 saturated heterocycles. The number of benzene rings is 1. The number of imide groups is 1. The first-order chi connectivity index (χ1) is 13.8.